The van der Waals surface area contributed by atoms with Crippen LogP contribution in [0, 0.1) is 13.8 Å². The molecule has 0 saturated heterocycles. The zero-order valence-electron chi connectivity index (χ0n) is 8.15. The van der Waals surface area contributed by atoms with Crippen LogP contribution in [0.2, 0.25) is 13.1 Å². The van der Waals surface area contributed by atoms with Crippen LogP contribution in [0.5, 0.6) is 0 Å². The third-order valence-electron chi connectivity index (χ3n) is 3.08. The highest BCUT2D eigenvalue weighted by atomic mass is 28.9. The predicted octanol–water partition coefficient (Wildman–Crippen LogP) is 1.06. The van der Waals surface area contributed by atoms with Gasteiger partial charge in [-0.3, -0.25) is 0 Å². The molecule has 0 amide bonds. The van der Waals surface area contributed by atoms with Gasteiger partial charge in [0.05, 0.1) is 0 Å². The molecule has 1 aromatic carbocycles. The number of benzene rings is 1. The summed E-state index contributed by atoms with van der Waals surface area (Å²) in [5.74, 6) is 0. The molecule has 0 spiro atoms. The third kappa shape index (κ3) is 0.881. The Morgan fingerprint density at radius 2 is 1.67 bits per heavy atom. The van der Waals surface area contributed by atoms with Gasteiger partial charge in [0, 0.05) is 15.8 Å². The highest BCUT2D eigenvalue weighted by Crippen LogP contribution is 2.05. The van der Waals surface area contributed by atoms with Crippen molar-refractivity contribution in [2.75, 3.05) is 0 Å². The molecule has 1 aromatic rings. The third-order valence-corrected chi connectivity index (χ3v) is 12.0. The first-order valence-corrected chi connectivity index (χ1v) is 9.41. The van der Waals surface area contributed by atoms with Crippen LogP contribution in [0.3, 0.4) is 0 Å². The molecule has 1 heterocycles. The van der Waals surface area contributed by atoms with Gasteiger partial charge in [-0.25, -0.2) is 0 Å². The average Bonchev–Trinajstić information content (AvgIpc) is 2.08. The minimum absolute atomic E-state index is 0.0646. The van der Waals surface area contributed by atoms with Gasteiger partial charge in [0.15, 0.2) is 0 Å². The average molecular weight is 190 g/mol. The molecular formula is C10H14Si2. The lowest BCUT2D eigenvalue weighted by Gasteiger charge is -2.25. The fraction of sp³-hybridized carbons (Fsp3) is 0.400. The second kappa shape index (κ2) is 2.57. The van der Waals surface area contributed by atoms with E-state index in [1.54, 1.807) is 15.9 Å². The summed E-state index contributed by atoms with van der Waals surface area (Å²) in [5, 5.41) is 3.48. The highest BCUT2D eigenvalue weighted by molar-refractivity contribution is 7.16. The molecule has 0 aromatic heterocycles. The van der Waals surface area contributed by atoms with E-state index in [0.717, 1.165) is 0 Å². The maximum atomic E-state index is 2.48. The molecular weight excluding hydrogens is 176 g/mol. The van der Waals surface area contributed by atoms with E-state index in [9.17, 15) is 0 Å². The highest BCUT2D eigenvalue weighted by Gasteiger charge is 2.21. The summed E-state index contributed by atoms with van der Waals surface area (Å²) in [4.78, 5) is 0. The Bertz CT molecular complexity index is 389. The Morgan fingerprint density at radius 1 is 1.00 bits per heavy atom. The monoisotopic (exact) mass is 190 g/mol. The second-order valence-electron chi connectivity index (χ2n) is 3.68. The molecule has 12 heavy (non-hydrogen) atoms. The lowest BCUT2D eigenvalue weighted by molar-refractivity contribution is 1.37. The Morgan fingerprint density at radius 3 is 2.33 bits per heavy atom. The van der Waals surface area contributed by atoms with Gasteiger partial charge in [0.2, 0.25) is 0 Å². The van der Waals surface area contributed by atoms with E-state index in [1.165, 1.54) is 5.56 Å². The molecule has 1 aliphatic rings. The summed E-state index contributed by atoms with van der Waals surface area (Å²) in [6, 6.07) is 4.65. The van der Waals surface area contributed by atoms with Crippen LogP contribution >= 0.6 is 0 Å². The fourth-order valence-corrected chi connectivity index (χ4v) is 9.04. The van der Waals surface area contributed by atoms with E-state index in [0.29, 0.717) is 0 Å². The zero-order chi connectivity index (χ0) is 8.88. The molecule has 2 rings (SSSR count). The van der Waals surface area contributed by atoms with Crippen LogP contribution in [-0.4, -0.2) is 15.8 Å². The van der Waals surface area contributed by atoms with Crippen molar-refractivity contribution >= 4 is 26.2 Å². The summed E-state index contributed by atoms with van der Waals surface area (Å²) < 4.78 is 0. The minimum atomic E-state index is -0.0782. The maximum Gasteiger partial charge on any atom is 0.0265 e. The summed E-state index contributed by atoms with van der Waals surface area (Å²) in [6.07, 6.45) is 0. The van der Waals surface area contributed by atoms with Crippen molar-refractivity contribution in [2.24, 2.45) is 0 Å². The van der Waals surface area contributed by atoms with Gasteiger partial charge in [-0.1, -0.05) is 25.2 Å². The van der Waals surface area contributed by atoms with Gasteiger partial charge in [-0.2, -0.15) is 0 Å². The molecule has 0 bridgehead atoms. The first-order valence-electron chi connectivity index (χ1n) is 4.41. The summed E-state index contributed by atoms with van der Waals surface area (Å²) in [5.41, 5.74) is 3.06. The van der Waals surface area contributed by atoms with Crippen molar-refractivity contribution in [3.63, 3.8) is 0 Å². The van der Waals surface area contributed by atoms with Gasteiger partial charge < -0.3 is 0 Å². The van der Waals surface area contributed by atoms with E-state index >= 15 is 0 Å². The Kier molecular flexibility index (Phi) is 1.77. The zero-order valence-corrected chi connectivity index (χ0v) is 10.2. The number of rotatable bonds is 0. The topological polar surface area (TPSA) is 0 Å². The summed E-state index contributed by atoms with van der Waals surface area (Å²) in [7, 11) is -0.143. The van der Waals surface area contributed by atoms with Crippen LogP contribution < -0.4 is 10.4 Å². The lowest BCUT2D eigenvalue weighted by Crippen LogP contribution is -2.57. The minimum Gasteiger partial charge on any atom is -0.0594 e. The van der Waals surface area contributed by atoms with Gasteiger partial charge in [0.25, 0.3) is 0 Å². The maximum absolute atomic E-state index is 2.48. The molecule has 0 N–H and O–H groups in total. The molecule has 0 atom stereocenters. The van der Waals surface area contributed by atoms with Crippen molar-refractivity contribution < 1.29 is 0 Å². The first kappa shape index (κ1) is 8.26. The normalized spacial score (nSPS) is 14.3. The molecule has 62 valence electrons. The number of fused-ring (bicyclic) bond motifs is 1. The van der Waals surface area contributed by atoms with Crippen LogP contribution in [-0.2, 0) is 0 Å². The quantitative estimate of drug-likeness (QED) is 0.537. The largest absolute Gasteiger partial charge is 0.0594 e. The summed E-state index contributed by atoms with van der Waals surface area (Å²) in [6.45, 7) is 9.46. The van der Waals surface area contributed by atoms with Gasteiger partial charge in [0.1, 0.15) is 0 Å². The Labute approximate surface area is 76.8 Å². The number of hydrogen-bond acceptors (Lipinski definition) is 0. The lowest BCUT2D eigenvalue weighted by atomic mass is 10.1. The van der Waals surface area contributed by atoms with Crippen LogP contribution in [0.4, 0.5) is 0 Å². The molecule has 2 heteroatoms. The van der Waals surface area contributed by atoms with Gasteiger partial charge >= 0.3 is 0 Å². The van der Waals surface area contributed by atoms with Crippen LogP contribution in [0.15, 0.2) is 12.1 Å². The smallest absolute Gasteiger partial charge is 0.0265 e. The first-order chi connectivity index (χ1) is 5.63. The van der Waals surface area contributed by atoms with Crippen molar-refractivity contribution in [1.82, 2.24) is 0 Å². The molecule has 0 radical (unpaired) electrons. The molecule has 0 nitrogen and oxygen atoms in total. The molecule has 1 aliphatic heterocycles. The van der Waals surface area contributed by atoms with Crippen LogP contribution in [0.25, 0.3) is 0 Å². The van der Waals surface area contributed by atoms with Gasteiger partial charge in [-0.05, 0) is 35.3 Å². The van der Waals surface area contributed by atoms with Crippen LogP contribution in [0.1, 0.15) is 11.1 Å². The molecule has 0 saturated carbocycles. The molecule has 0 fully saturated rings. The standard InChI is InChI=1S/C10H14Si2/c1-7-5-6-9-10(8(7)2)12(4)11(9)3/h5-6H,1-4H3. The Hall–Kier alpha value is -0.346. The molecule has 0 unspecified atom stereocenters. The van der Waals surface area contributed by atoms with E-state index in [-0.39, 0.29) is 15.8 Å². The predicted molar refractivity (Wildman–Crippen MR) is 58.4 cm³/mol. The van der Waals surface area contributed by atoms with E-state index in [4.69, 9.17) is 0 Å². The number of hydrogen-bond donors (Lipinski definition) is 0. The Balaban J connectivity index is 2.69. The van der Waals surface area contributed by atoms with Crippen molar-refractivity contribution in [3.8, 4) is 0 Å². The van der Waals surface area contributed by atoms with Gasteiger partial charge in [-0.15, -0.1) is 0 Å². The fourth-order valence-electron chi connectivity index (χ4n) is 1.94. The molecule has 0 aliphatic carbocycles. The van der Waals surface area contributed by atoms with E-state index < -0.39 is 0 Å². The second-order valence-corrected chi connectivity index (χ2v) is 11.7. The van der Waals surface area contributed by atoms with Crippen molar-refractivity contribution in [2.45, 2.75) is 26.9 Å². The van der Waals surface area contributed by atoms with E-state index in [2.05, 4.69) is 39.1 Å². The SMILES string of the molecule is Cc1ccc2c(c1C)[Si](C)=[Si]2C. The van der Waals surface area contributed by atoms with Crippen molar-refractivity contribution in [3.05, 3.63) is 23.3 Å². The van der Waals surface area contributed by atoms with E-state index in [1.807, 2.05) is 0 Å². The van der Waals surface area contributed by atoms with Crippen molar-refractivity contribution in [1.29, 1.82) is 0 Å². The number of aryl methyl sites for hydroxylation is 1. The summed E-state index contributed by atoms with van der Waals surface area (Å²) >= 11 is 0.